The maximum Gasteiger partial charge on any atom is 0.116 e. The Morgan fingerprint density at radius 1 is 0.769 bits per heavy atom. The van der Waals surface area contributed by atoms with Crippen molar-refractivity contribution in [3.05, 3.63) is 0 Å². The molecule has 0 bridgehead atoms. The van der Waals surface area contributed by atoms with Crippen molar-refractivity contribution in [3.8, 4) is 0 Å². The Kier molecular flexibility index (Phi) is 23.3. The van der Waals surface area contributed by atoms with Gasteiger partial charge in [0.05, 0.1) is 25.0 Å². The Labute approximate surface area is 128 Å². The van der Waals surface area contributed by atoms with Gasteiger partial charge in [0, 0.05) is 11.5 Å². The van der Waals surface area contributed by atoms with Gasteiger partial charge in [-0.3, -0.25) is 0 Å². The second kappa shape index (κ2) is 14.5. The first-order chi connectivity index (χ1) is 5.13. The fourth-order valence-corrected chi connectivity index (χ4v) is 4.37. The summed E-state index contributed by atoms with van der Waals surface area (Å²) in [6.45, 7) is 0. The van der Waals surface area contributed by atoms with Crippen molar-refractivity contribution < 1.29 is 48.0 Å². The highest BCUT2D eigenvalue weighted by Crippen LogP contribution is 2.02. The molecule has 0 aromatic heterocycles. The molecular formula is C8H20I2S3. The SMILES string of the molecule is C[S+](C)CCSCC[S+](C)C.[I-].[I-]. The molecule has 0 unspecified atom stereocenters. The average Bonchev–Trinajstić information content (AvgIpc) is 1.85. The molecule has 0 aliphatic rings. The van der Waals surface area contributed by atoms with Crippen molar-refractivity contribution in [2.45, 2.75) is 0 Å². The van der Waals surface area contributed by atoms with Gasteiger partial charge in [0.25, 0.3) is 0 Å². The molecule has 0 aromatic rings. The Bertz CT molecular complexity index is 79.5. The summed E-state index contributed by atoms with van der Waals surface area (Å²) in [5, 5.41) is 0. The van der Waals surface area contributed by atoms with E-state index in [2.05, 4.69) is 36.8 Å². The lowest BCUT2D eigenvalue weighted by atomic mass is 10.9. The molecule has 0 heterocycles. The van der Waals surface area contributed by atoms with Crippen LogP contribution in [-0.2, 0) is 21.8 Å². The quantitative estimate of drug-likeness (QED) is 0.216. The highest BCUT2D eigenvalue weighted by atomic mass is 127. The zero-order valence-corrected chi connectivity index (χ0v) is 15.6. The number of hydrogen-bond donors (Lipinski definition) is 0. The molecule has 0 nitrogen and oxygen atoms in total. The van der Waals surface area contributed by atoms with E-state index in [1.807, 2.05) is 0 Å². The van der Waals surface area contributed by atoms with E-state index in [1.165, 1.54) is 23.0 Å². The van der Waals surface area contributed by atoms with Crippen LogP contribution < -0.4 is 48.0 Å². The predicted molar refractivity (Wildman–Crippen MR) is 65.5 cm³/mol. The van der Waals surface area contributed by atoms with Crippen LogP contribution in [0.15, 0.2) is 0 Å². The standard InChI is InChI=1S/C8H20S3.2HI/c1-10(2)7-5-9-6-8-11(3)4;;/h5-8H2,1-4H3;2*1H/q+2;;/p-2. The molecule has 0 aliphatic carbocycles. The monoisotopic (exact) mass is 466 g/mol. The van der Waals surface area contributed by atoms with Gasteiger partial charge in [-0.1, -0.05) is 0 Å². The Hall–Kier alpha value is 2.51. The minimum Gasteiger partial charge on any atom is -1.00 e. The van der Waals surface area contributed by atoms with E-state index in [-0.39, 0.29) is 48.0 Å². The van der Waals surface area contributed by atoms with E-state index in [4.69, 9.17) is 0 Å². The summed E-state index contributed by atoms with van der Waals surface area (Å²) in [6.07, 6.45) is 9.30. The molecule has 0 aliphatic heterocycles. The number of rotatable bonds is 6. The van der Waals surface area contributed by atoms with Gasteiger partial charge < -0.3 is 48.0 Å². The summed E-state index contributed by atoms with van der Waals surface area (Å²) < 4.78 is 0. The van der Waals surface area contributed by atoms with E-state index < -0.39 is 0 Å². The van der Waals surface area contributed by atoms with Gasteiger partial charge in [-0.15, -0.1) is 0 Å². The first-order valence-electron chi connectivity index (χ1n) is 3.79. The van der Waals surface area contributed by atoms with Crippen LogP contribution in [0.25, 0.3) is 0 Å². The van der Waals surface area contributed by atoms with Crippen LogP contribution >= 0.6 is 11.8 Å². The second-order valence-corrected chi connectivity index (χ2v) is 8.98. The van der Waals surface area contributed by atoms with Gasteiger partial charge in [-0.25, -0.2) is 0 Å². The molecule has 0 rings (SSSR count). The van der Waals surface area contributed by atoms with E-state index >= 15 is 0 Å². The zero-order valence-electron chi connectivity index (χ0n) is 8.81. The third-order valence-electron chi connectivity index (χ3n) is 1.27. The summed E-state index contributed by atoms with van der Waals surface area (Å²) in [5.74, 6) is 5.55. The summed E-state index contributed by atoms with van der Waals surface area (Å²) >= 11 is 2.12. The first kappa shape index (κ1) is 20.9. The zero-order chi connectivity index (χ0) is 8.69. The molecule has 0 saturated heterocycles. The topological polar surface area (TPSA) is 0 Å². The molecule has 0 N–H and O–H groups in total. The van der Waals surface area contributed by atoms with E-state index in [0.29, 0.717) is 21.8 Å². The van der Waals surface area contributed by atoms with Crippen molar-refractivity contribution in [3.63, 3.8) is 0 Å². The van der Waals surface area contributed by atoms with Crippen molar-refractivity contribution >= 4 is 33.6 Å². The smallest absolute Gasteiger partial charge is 0.116 e. The van der Waals surface area contributed by atoms with Crippen molar-refractivity contribution in [1.82, 2.24) is 0 Å². The lowest BCUT2D eigenvalue weighted by molar-refractivity contribution is -0.00100. The largest absolute Gasteiger partial charge is 1.00 e. The number of hydrogen-bond acceptors (Lipinski definition) is 1. The van der Waals surface area contributed by atoms with Crippen molar-refractivity contribution in [1.29, 1.82) is 0 Å². The maximum atomic E-state index is 2.32. The number of halogens is 2. The van der Waals surface area contributed by atoms with Gasteiger partial charge in [-0.2, -0.15) is 11.8 Å². The second-order valence-electron chi connectivity index (χ2n) is 2.99. The molecule has 0 spiro atoms. The highest BCUT2D eigenvalue weighted by molar-refractivity contribution is 8.02. The van der Waals surface area contributed by atoms with Crippen LogP contribution in [0.5, 0.6) is 0 Å². The summed E-state index contributed by atoms with van der Waals surface area (Å²) in [4.78, 5) is 0. The van der Waals surface area contributed by atoms with Crippen LogP contribution in [0, 0.1) is 0 Å². The van der Waals surface area contributed by atoms with Crippen LogP contribution in [0.2, 0.25) is 0 Å². The fraction of sp³-hybridized carbons (Fsp3) is 1.00. The van der Waals surface area contributed by atoms with Crippen LogP contribution in [0.3, 0.4) is 0 Å². The van der Waals surface area contributed by atoms with Crippen LogP contribution in [-0.4, -0.2) is 48.0 Å². The van der Waals surface area contributed by atoms with Crippen LogP contribution in [0.1, 0.15) is 0 Å². The molecule has 84 valence electrons. The third-order valence-corrected chi connectivity index (χ3v) is 4.82. The highest BCUT2D eigenvalue weighted by Gasteiger charge is 2.04. The Balaban J connectivity index is -0.000000500. The first-order valence-corrected chi connectivity index (χ1v) is 9.36. The minimum atomic E-state index is 0. The normalized spacial score (nSPS) is 9.69. The predicted octanol–water partition coefficient (Wildman–Crippen LogP) is -4.52. The molecule has 0 saturated carbocycles. The van der Waals surface area contributed by atoms with Gasteiger partial charge >= 0.3 is 0 Å². The Morgan fingerprint density at radius 3 is 1.31 bits per heavy atom. The summed E-state index contributed by atoms with van der Waals surface area (Å²) in [6, 6.07) is 0. The minimum absolute atomic E-state index is 0. The van der Waals surface area contributed by atoms with Gasteiger partial charge in [-0.05, 0) is 21.8 Å². The summed E-state index contributed by atoms with van der Waals surface area (Å²) in [5.41, 5.74) is 0. The molecule has 0 aromatic carbocycles. The van der Waals surface area contributed by atoms with Crippen molar-refractivity contribution in [2.24, 2.45) is 0 Å². The van der Waals surface area contributed by atoms with E-state index in [9.17, 15) is 0 Å². The lowest BCUT2D eigenvalue weighted by Crippen LogP contribution is -3.00. The summed E-state index contributed by atoms with van der Waals surface area (Å²) in [7, 11) is 1.30. The van der Waals surface area contributed by atoms with Gasteiger partial charge in [0.1, 0.15) is 11.5 Å². The molecule has 0 atom stereocenters. The third kappa shape index (κ3) is 20.6. The molecule has 0 radical (unpaired) electrons. The van der Waals surface area contributed by atoms with Crippen LogP contribution in [0.4, 0.5) is 0 Å². The maximum absolute atomic E-state index is 2.32. The molecule has 5 heteroatoms. The molecule has 0 amide bonds. The average molecular weight is 466 g/mol. The fourth-order valence-electron chi connectivity index (χ4n) is 0.553. The van der Waals surface area contributed by atoms with Gasteiger partial charge in [0.15, 0.2) is 0 Å². The molecule has 13 heavy (non-hydrogen) atoms. The molecule has 0 fully saturated rings. The molecular weight excluding hydrogens is 446 g/mol. The lowest BCUT2D eigenvalue weighted by Gasteiger charge is -1.98. The Morgan fingerprint density at radius 2 is 1.08 bits per heavy atom. The number of thioether (sulfide) groups is 1. The van der Waals surface area contributed by atoms with Gasteiger partial charge in [0.2, 0.25) is 0 Å². The van der Waals surface area contributed by atoms with E-state index in [0.717, 1.165) is 0 Å². The van der Waals surface area contributed by atoms with E-state index in [1.54, 1.807) is 0 Å². The van der Waals surface area contributed by atoms with Crippen molar-refractivity contribution in [2.75, 3.05) is 48.0 Å².